The summed E-state index contributed by atoms with van der Waals surface area (Å²) in [5, 5.41) is 3.31. The highest BCUT2D eigenvalue weighted by Crippen LogP contribution is 2.16. The Kier molecular flexibility index (Phi) is 3.51. The number of rotatable bonds is 3. The predicted octanol–water partition coefficient (Wildman–Crippen LogP) is 3.16. The number of hydrogen-bond acceptors (Lipinski definition) is 3. The van der Waals surface area contributed by atoms with Crippen molar-refractivity contribution in [3.63, 3.8) is 0 Å². The van der Waals surface area contributed by atoms with E-state index in [4.69, 9.17) is 0 Å². The Bertz CT molecular complexity index is 471. The molecule has 0 fully saturated rings. The average Bonchev–Trinajstić information content (AvgIpc) is 2.29. The maximum atomic E-state index is 4.32. The summed E-state index contributed by atoms with van der Waals surface area (Å²) in [4.78, 5) is 8.57. The highest BCUT2D eigenvalue weighted by Gasteiger charge is 2.00. The maximum Gasteiger partial charge on any atom is 0.106 e. The number of aryl methyl sites for hydroxylation is 1. The van der Waals surface area contributed by atoms with Gasteiger partial charge in [0.05, 0.1) is 23.6 Å². The van der Waals surface area contributed by atoms with Gasteiger partial charge in [0.1, 0.15) is 4.60 Å². The van der Waals surface area contributed by atoms with Gasteiger partial charge in [-0.2, -0.15) is 0 Å². The molecule has 2 aromatic heterocycles. The quantitative estimate of drug-likeness (QED) is 0.876. The zero-order valence-electron chi connectivity index (χ0n) is 8.94. The van der Waals surface area contributed by atoms with Gasteiger partial charge in [0.2, 0.25) is 0 Å². The SMILES string of the molecule is Cc1nc(Br)ccc1NCc1ccccn1. The van der Waals surface area contributed by atoms with Crippen LogP contribution in [0.1, 0.15) is 11.4 Å². The van der Waals surface area contributed by atoms with E-state index in [9.17, 15) is 0 Å². The topological polar surface area (TPSA) is 37.8 Å². The van der Waals surface area contributed by atoms with Gasteiger partial charge < -0.3 is 5.32 Å². The van der Waals surface area contributed by atoms with Gasteiger partial charge in [0.25, 0.3) is 0 Å². The van der Waals surface area contributed by atoms with Crippen LogP contribution in [-0.2, 0) is 6.54 Å². The van der Waals surface area contributed by atoms with Crippen molar-refractivity contribution in [3.05, 3.63) is 52.5 Å². The number of nitrogens with zero attached hydrogens (tertiary/aromatic N) is 2. The lowest BCUT2D eigenvalue weighted by Gasteiger charge is -2.08. The van der Waals surface area contributed by atoms with E-state index in [2.05, 4.69) is 31.2 Å². The minimum atomic E-state index is 0.713. The van der Waals surface area contributed by atoms with Gasteiger partial charge in [0, 0.05) is 6.20 Å². The molecular weight excluding hydrogens is 266 g/mol. The zero-order valence-corrected chi connectivity index (χ0v) is 10.5. The first-order chi connectivity index (χ1) is 7.75. The molecule has 0 bridgehead atoms. The van der Waals surface area contributed by atoms with Crippen LogP contribution in [0.15, 0.2) is 41.1 Å². The fourth-order valence-corrected chi connectivity index (χ4v) is 1.80. The molecule has 0 unspecified atom stereocenters. The Balaban J connectivity index is 2.05. The molecular formula is C12H12BrN3. The van der Waals surface area contributed by atoms with Gasteiger partial charge >= 0.3 is 0 Å². The van der Waals surface area contributed by atoms with Gasteiger partial charge in [-0.25, -0.2) is 4.98 Å². The van der Waals surface area contributed by atoms with Gasteiger partial charge in [0.15, 0.2) is 0 Å². The van der Waals surface area contributed by atoms with Crippen molar-refractivity contribution in [2.24, 2.45) is 0 Å². The molecule has 0 aliphatic rings. The highest BCUT2D eigenvalue weighted by molar-refractivity contribution is 9.10. The lowest BCUT2D eigenvalue weighted by atomic mass is 10.3. The van der Waals surface area contributed by atoms with Crippen molar-refractivity contribution in [1.82, 2.24) is 9.97 Å². The van der Waals surface area contributed by atoms with Crippen LogP contribution in [-0.4, -0.2) is 9.97 Å². The van der Waals surface area contributed by atoms with E-state index >= 15 is 0 Å². The Labute approximate surface area is 103 Å². The van der Waals surface area contributed by atoms with Crippen LogP contribution in [0.3, 0.4) is 0 Å². The van der Waals surface area contributed by atoms with E-state index < -0.39 is 0 Å². The number of aromatic nitrogens is 2. The van der Waals surface area contributed by atoms with Crippen molar-refractivity contribution in [1.29, 1.82) is 0 Å². The second-order valence-electron chi connectivity index (χ2n) is 3.44. The highest BCUT2D eigenvalue weighted by atomic mass is 79.9. The Morgan fingerprint density at radius 2 is 2.12 bits per heavy atom. The molecule has 16 heavy (non-hydrogen) atoms. The summed E-state index contributed by atoms with van der Waals surface area (Å²) in [6, 6.07) is 9.82. The van der Waals surface area contributed by atoms with E-state index in [1.807, 2.05) is 37.3 Å². The van der Waals surface area contributed by atoms with Crippen LogP contribution in [0, 0.1) is 6.92 Å². The van der Waals surface area contributed by atoms with Crippen LogP contribution in [0.25, 0.3) is 0 Å². The molecule has 2 rings (SSSR count). The Morgan fingerprint density at radius 3 is 2.81 bits per heavy atom. The zero-order chi connectivity index (χ0) is 11.4. The van der Waals surface area contributed by atoms with E-state index in [0.717, 1.165) is 21.7 Å². The molecule has 2 aromatic rings. The van der Waals surface area contributed by atoms with Gasteiger partial charge in [-0.3, -0.25) is 4.98 Å². The average molecular weight is 278 g/mol. The van der Waals surface area contributed by atoms with Crippen molar-refractivity contribution >= 4 is 21.6 Å². The minimum absolute atomic E-state index is 0.713. The second kappa shape index (κ2) is 5.07. The third-order valence-electron chi connectivity index (χ3n) is 2.24. The number of nitrogens with one attached hydrogen (secondary N) is 1. The number of anilines is 1. The largest absolute Gasteiger partial charge is 0.378 e. The maximum absolute atomic E-state index is 4.32. The van der Waals surface area contributed by atoms with Crippen LogP contribution < -0.4 is 5.32 Å². The molecule has 2 heterocycles. The summed E-state index contributed by atoms with van der Waals surface area (Å²) in [7, 11) is 0. The van der Waals surface area contributed by atoms with Gasteiger partial charge in [-0.15, -0.1) is 0 Å². The molecule has 3 nitrogen and oxygen atoms in total. The minimum Gasteiger partial charge on any atom is -0.378 e. The molecule has 0 saturated carbocycles. The molecule has 0 aliphatic carbocycles. The number of halogens is 1. The molecule has 0 radical (unpaired) electrons. The van der Waals surface area contributed by atoms with Crippen molar-refractivity contribution in [2.45, 2.75) is 13.5 Å². The van der Waals surface area contributed by atoms with E-state index in [1.54, 1.807) is 6.20 Å². The van der Waals surface area contributed by atoms with E-state index in [1.165, 1.54) is 0 Å². The van der Waals surface area contributed by atoms with Crippen molar-refractivity contribution in [2.75, 3.05) is 5.32 Å². The molecule has 0 aromatic carbocycles. The molecule has 82 valence electrons. The lowest BCUT2D eigenvalue weighted by molar-refractivity contribution is 1.03. The summed E-state index contributed by atoms with van der Waals surface area (Å²) < 4.78 is 0.855. The third-order valence-corrected chi connectivity index (χ3v) is 2.68. The van der Waals surface area contributed by atoms with Gasteiger partial charge in [-0.05, 0) is 47.1 Å². The molecule has 1 N–H and O–H groups in total. The molecule has 0 saturated heterocycles. The predicted molar refractivity (Wildman–Crippen MR) is 68.2 cm³/mol. The molecule has 0 amide bonds. The number of pyridine rings is 2. The number of hydrogen-bond donors (Lipinski definition) is 1. The summed E-state index contributed by atoms with van der Waals surface area (Å²) in [6.07, 6.45) is 1.80. The summed E-state index contributed by atoms with van der Waals surface area (Å²) in [5.74, 6) is 0. The fourth-order valence-electron chi connectivity index (χ4n) is 1.41. The van der Waals surface area contributed by atoms with E-state index in [0.29, 0.717) is 6.54 Å². The molecule has 0 spiro atoms. The normalized spacial score (nSPS) is 10.1. The third kappa shape index (κ3) is 2.79. The summed E-state index contributed by atoms with van der Waals surface area (Å²) >= 11 is 3.34. The first-order valence-electron chi connectivity index (χ1n) is 5.02. The lowest BCUT2D eigenvalue weighted by Crippen LogP contribution is -2.03. The van der Waals surface area contributed by atoms with Crippen LogP contribution >= 0.6 is 15.9 Å². The van der Waals surface area contributed by atoms with Crippen LogP contribution in [0.4, 0.5) is 5.69 Å². The Hall–Kier alpha value is -1.42. The van der Waals surface area contributed by atoms with Gasteiger partial charge in [-0.1, -0.05) is 6.07 Å². The first kappa shape index (κ1) is 11.1. The monoisotopic (exact) mass is 277 g/mol. The smallest absolute Gasteiger partial charge is 0.106 e. The van der Waals surface area contributed by atoms with Crippen molar-refractivity contribution < 1.29 is 0 Å². The summed E-state index contributed by atoms with van der Waals surface area (Å²) in [5.41, 5.74) is 3.03. The van der Waals surface area contributed by atoms with Crippen molar-refractivity contribution in [3.8, 4) is 0 Å². The van der Waals surface area contributed by atoms with E-state index in [-0.39, 0.29) is 0 Å². The standard InChI is InChI=1S/C12H12BrN3/c1-9-11(5-6-12(13)16-9)15-8-10-4-2-3-7-14-10/h2-7,15H,8H2,1H3. The Morgan fingerprint density at radius 1 is 1.25 bits per heavy atom. The second-order valence-corrected chi connectivity index (χ2v) is 4.25. The molecule has 0 atom stereocenters. The van der Waals surface area contributed by atoms with Crippen LogP contribution in [0.2, 0.25) is 0 Å². The molecule has 4 heteroatoms. The molecule has 0 aliphatic heterocycles. The first-order valence-corrected chi connectivity index (χ1v) is 5.82. The fraction of sp³-hybridized carbons (Fsp3) is 0.167. The summed E-state index contributed by atoms with van der Waals surface area (Å²) in [6.45, 7) is 2.69. The van der Waals surface area contributed by atoms with Crippen LogP contribution in [0.5, 0.6) is 0 Å².